The van der Waals surface area contributed by atoms with E-state index in [9.17, 15) is 18.0 Å². The fourth-order valence-electron chi connectivity index (χ4n) is 4.53. The number of nitrogens with zero attached hydrogens (tertiary/aromatic N) is 5. The van der Waals surface area contributed by atoms with Gasteiger partial charge in [0.2, 0.25) is 0 Å². The summed E-state index contributed by atoms with van der Waals surface area (Å²) in [5.74, 6) is 1.31. The van der Waals surface area contributed by atoms with Crippen LogP contribution in [0.4, 0.5) is 24.7 Å². The molecule has 2 aliphatic heterocycles. The summed E-state index contributed by atoms with van der Waals surface area (Å²) >= 11 is 7.71. The van der Waals surface area contributed by atoms with Gasteiger partial charge in [-0.1, -0.05) is 41.6 Å². The Labute approximate surface area is 233 Å². The third-order valence-electron chi connectivity index (χ3n) is 6.67. The maximum Gasteiger partial charge on any atom is 0.416 e. The fourth-order valence-corrected chi connectivity index (χ4v) is 5.56. The highest BCUT2D eigenvalue weighted by Gasteiger charge is 2.31. The standard InChI is InChI=1S/C27H27ClF3N5O2S/c28-23-17-24(35-12-14-38-15-13-35)33-26(32-23)39-18-19-4-6-20(7-5-19)25(37)36-10-8-34(9-11-36)22-3-1-2-21(16-22)27(29,30)31/h1-7,16-17H,8-15,18H2. The predicted octanol–water partition coefficient (Wildman–Crippen LogP) is 5.24. The number of alkyl halides is 3. The van der Waals surface area contributed by atoms with Gasteiger partial charge in [-0.15, -0.1) is 0 Å². The van der Waals surface area contributed by atoms with Crippen LogP contribution in [-0.2, 0) is 16.7 Å². The number of benzene rings is 2. The lowest BCUT2D eigenvalue weighted by atomic mass is 10.1. The number of aromatic nitrogens is 2. The molecule has 5 rings (SSSR count). The quantitative estimate of drug-likeness (QED) is 0.226. The number of anilines is 2. The Kier molecular flexibility index (Phi) is 8.49. The van der Waals surface area contributed by atoms with Crippen LogP contribution in [0.25, 0.3) is 0 Å². The first-order valence-electron chi connectivity index (χ1n) is 12.6. The van der Waals surface area contributed by atoms with Gasteiger partial charge in [-0.2, -0.15) is 13.2 Å². The first-order chi connectivity index (χ1) is 18.8. The average Bonchev–Trinajstić information content (AvgIpc) is 2.96. The van der Waals surface area contributed by atoms with Crippen molar-refractivity contribution in [1.29, 1.82) is 0 Å². The van der Waals surface area contributed by atoms with Crippen LogP contribution < -0.4 is 9.80 Å². The number of morpholine rings is 1. The molecule has 3 aromatic rings. The molecule has 0 spiro atoms. The molecule has 0 atom stereocenters. The molecule has 0 unspecified atom stereocenters. The zero-order chi connectivity index (χ0) is 27.4. The van der Waals surface area contributed by atoms with Crippen molar-refractivity contribution in [3.8, 4) is 0 Å². The summed E-state index contributed by atoms with van der Waals surface area (Å²) in [6.07, 6.45) is -4.38. The summed E-state index contributed by atoms with van der Waals surface area (Å²) in [6, 6.07) is 14.5. The molecule has 2 aromatic carbocycles. The number of hydrogen-bond donors (Lipinski definition) is 0. The largest absolute Gasteiger partial charge is 0.416 e. The van der Waals surface area contributed by atoms with Crippen molar-refractivity contribution in [2.24, 2.45) is 0 Å². The van der Waals surface area contributed by atoms with E-state index in [4.69, 9.17) is 16.3 Å². The van der Waals surface area contributed by atoms with E-state index in [1.807, 2.05) is 17.0 Å². The van der Waals surface area contributed by atoms with E-state index in [1.165, 1.54) is 17.8 Å². The second kappa shape index (κ2) is 12.0. The Hall–Kier alpha value is -3.02. The summed E-state index contributed by atoms with van der Waals surface area (Å²) in [5.41, 5.74) is 1.43. The number of piperazine rings is 1. The van der Waals surface area contributed by atoms with E-state index in [1.54, 1.807) is 29.2 Å². The molecule has 0 N–H and O–H groups in total. The number of amides is 1. The van der Waals surface area contributed by atoms with Crippen molar-refractivity contribution in [2.75, 3.05) is 62.3 Å². The molecule has 0 saturated carbocycles. The van der Waals surface area contributed by atoms with Crippen LogP contribution in [0.1, 0.15) is 21.5 Å². The molecule has 0 aliphatic carbocycles. The van der Waals surface area contributed by atoms with E-state index < -0.39 is 11.7 Å². The van der Waals surface area contributed by atoms with E-state index >= 15 is 0 Å². The topological polar surface area (TPSA) is 61.8 Å². The number of thioether (sulfide) groups is 1. The highest BCUT2D eigenvalue weighted by Crippen LogP contribution is 2.32. The van der Waals surface area contributed by atoms with Crippen LogP contribution >= 0.6 is 23.4 Å². The number of hydrogen-bond acceptors (Lipinski definition) is 7. The molecule has 2 fully saturated rings. The molecule has 1 aromatic heterocycles. The molecule has 0 radical (unpaired) electrons. The van der Waals surface area contributed by atoms with Gasteiger partial charge in [0.25, 0.3) is 5.91 Å². The highest BCUT2D eigenvalue weighted by molar-refractivity contribution is 7.98. The highest BCUT2D eigenvalue weighted by atomic mass is 35.5. The van der Waals surface area contributed by atoms with Gasteiger partial charge in [-0.3, -0.25) is 4.79 Å². The summed E-state index contributed by atoms with van der Waals surface area (Å²) in [6.45, 7) is 4.62. The number of rotatable bonds is 6. The van der Waals surface area contributed by atoms with Gasteiger partial charge in [-0.05, 0) is 35.9 Å². The van der Waals surface area contributed by atoms with Gasteiger partial charge in [0.1, 0.15) is 11.0 Å². The van der Waals surface area contributed by atoms with E-state index in [0.29, 0.717) is 66.7 Å². The van der Waals surface area contributed by atoms with Gasteiger partial charge in [-0.25, -0.2) is 9.97 Å². The SMILES string of the molecule is O=C(c1ccc(CSc2nc(Cl)cc(N3CCOCC3)n2)cc1)N1CCN(c2cccc(C(F)(F)F)c2)CC1. The molecule has 39 heavy (non-hydrogen) atoms. The molecule has 12 heteroatoms. The Morgan fingerprint density at radius 3 is 2.33 bits per heavy atom. The van der Waals surface area contributed by atoms with Crippen molar-refractivity contribution in [3.63, 3.8) is 0 Å². The second-order valence-electron chi connectivity index (χ2n) is 9.24. The van der Waals surface area contributed by atoms with Crippen molar-refractivity contribution in [3.05, 3.63) is 76.4 Å². The number of ether oxygens (including phenoxy) is 1. The summed E-state index contributed by atoms with van der Waals surface area (Å²) in [4.78, 5) is 27.8. The Bertz CT molecular complexity index is 1300. The van der Waals surface area contributed by atoms with Crippen molar-refractivity contribution in [1.82, 2.24) is 14.9 Å². The molecule has 3 heterocycles. The molecular weight excluding hydrogens is 551 g/mol. The van der Waals surface area contributed by atoms with Crippen molar-refractivity contribution >= 4 is 40.8 Å². The predicted molar refractivity (Wildman–Crippen MR) is 146 cm³/mol. The Morgan fingerprint density at radius 1 is 0.923 bits per heavy atom. The van der Waals surface area contributed by atoms with Crippen LogP contribution in [0, 0.1) is 0 Å². The van der Waals surface area contributed by atoms with Crippen LogP contribution in [0.15, 0.2) is 59.8 Å². The number of halogens is 4. The normalized spacial score (nSPS) is 16.5. The summed E-state index contributed by atoms with van der Waals surface area (Å²) < 4.78 is 44.6. The van der Waals surface area contributed by atoms with Crippen molar-refractivity contribution < 1.29 is 22.7 Å². The molecule has 1 amide bonds. The Morgan fingerprint density at radius 2 is 1.64 bits per heavy atom. The maximum absolute atomic E-state index is 13.1. The minimum absolute atomic E-state index is 0.0915. The smallest absolute Gasteiger partial charge is 0.378 e. The number of carbonyl (C=O) groups is 1. The Balaban J connectivity index is 1.15. The lowest BCUT2D eigenvalue weighted by Gasteiger charge is -2.36. The van der Waals surface area contributed by atoms with Gasteiger partial charge >= 0.3 is 6.18 Å². The first kappa shape index (κ1) is 27.5. The van der Waals surface area contributed by atoms with E-state index in [2.05, 4.69) is 14.9 Å². The average molecular weight is 578 g/mol. The van der Waals surface area contributed by atoms with Gasteiger partial charge in [0, 0.05) is 62.3 Å². The van der Waals surface area contributed by atoms with Gasteiger partial charge < -0.3 is 19.4 Å². The second-order valence-corrected chi connectivity index (χ2v) is 10.6. The van der Waals surface area contributed by atoms with Crippen LogP contribution in [0.5, 0.6) is 0 Å². The molecular formula is C27H27ClF3N5O2S. The molecule has 7 nitrogen and oxygen atoms in total. The molecule has 2 saturated heterocycles. The first-order valence-corrected chi connectivity index (χ1v) is 13.9. The molecule has 0 bridgehead atoms. The lowest BCUT2D eigenvalue weighted by Crippen LogP contribution is -2.48. The molecule has 206 valence electrons. The monoisotopic (exact) mass is 577 g/mol. The minimum Gasteiger partial charge on any atom is -0.378 e. The van der Waals surface area contributed by atoms with Crippen LogP contribution in [0.3, 0.4) is 0 Å². The fraction of sp³-hybridized carbons (Fsp3) is 0.370. The molecule has 2 aliphatic rings. The number of carbonyl (C=O) groups excluding carboxylic acids is 1. The van der Waals surface area contributed by atoms with E-state index in [-0.39, 0.29) is 5.91 Å². The zero-order valence-corrected chi connectivity index (χ0v) is 22.6. The van der Waals surface area contributed by atoms with Crippen molar-refractivity contribution in [2.45, 2.75) is 17.1 Å². The van der Waals surface area contributed by atoms with Crippen LogP contribution in [0.2, 0.25) is 5.15 Å². The lowest BCUT2D eigenvalue weighted by molar-refractivity contribution is -0.137. The van der Waals surface area contributed by atoms with Gasteiger partial charge in [0.15, 0.2) is 5.16 Å². The van der Waals surface area contributed by atoms with E-state index in [0.717, 1.165) is 36.6 Å². The van der Waals surface area contributed by atoms with Gasteiger partial charge in [0.05, 0.1) is 18.8 Å². The summed E-state index contributed by atoms with van der Waals surface area (Å²) in [7, 11) is 0. The summed E-state index contributed by atoms with van der Waals surface area (Å²) in [5, 5.41) is 0.978. The third kappa shape index (κ3) is 6.95. The third-order valence-corrected chi connectivity index (χ3v) is 7.78. The van der Waals surface area contributed by atoms with Crippen LogP contribution in [-0.4, -0.2) is 73.3 Å². The zero-order valence-electron chi connectivity index (χ0n) is 21.0. The maximum atomic E-state index is 13.1. The minimum atomic E-state index is -4.38.